The molecule has 3 N–H and O–H groups in total. The molecule has 3 rings (SSSR count). The van der Waals surface area contributed by atoms with Crippen LogP contribution in [0.4, 0.5) is 5.69 Å². The summed E-state index contributed by atoms with van der Waals surface area (Å²) < 4.78 is 0. The highest BCUT2D eigenvalue weighted by Crippen LogP contribution is 2.49. The fourth-order valence-electron chi connectivity index (χ4n) is 4.00. The van der Waals surface area contributed by atoms with Gasteiger partial charge in [-0.15, -0.1) is 0 Å². The van der Waals surface area contributed by atoms with E-state index in [2.05, 4.69) is 12.2 Å². The van der Waals surface area contributed by atoms with E-state index in [1.807, 2.05) is 12.1 Å². The summed E-state index contributed by atoms with van der Waals surface area (Å²) in [7, 11) is 0. The van der Waals surface area contributed by atoms with Gasteiger partial charge in [0.2, 0.25) is 0 Å². The Hall–Kier alpha value is -1.51. The summed E-state index contributed by atoms with van der Waals surface area (Å²) in [6, 6.07) is 7.52. The molecule has 1 aromatic carbocycles. The van der Waals surface area contributed by atoms with E-state index in [-0.39, 0.29) is 11.9 Å². The molecule has 102 valence electrons. The SMILES string of the molecule is CC(NC(=O)c1ccccc1N)C1CC2CCC1C2. The number of carbonyl (C=O) groups excluding carboxylic acids is 1. The van der Waals surface area contributed by atoms with E-state index in [0.29, 0.717) is 17.2 Å². The average Bonchev–Trinajstić information content (AvgIpc) is 3.01. The van der Waals surface area contributed by atoms with E-state index >= 15 is 0 Å². The zero-order valence-corrected chi connectivity index (χ0v) is 11.4. The minimum atomic E-state index is -0.0339. The number of hydrogen-bond acceptors (Lipinski definition) is 2. The zero-order valence-electron chi connectivity index (χ0n) is 11.4. The molecular formula is C16H22N2O. The largest absolute Gasteiger partial charge is 0.398 e. The molecule has 2 aliphatic rings. The lowest BCUT2D eigenvalue weighted by Crippen LogP contribution is -2.40. The van der Waals surface area contributed by atoms with Crippen molar-refractivity contribution < 1.29 is 4.79 Å². The van der Waals surface area contributed by atoms with E-state index in [0.717, 1.165) is 11.8 Å². The van der Waals surface area contributed by atoms with Crippen molar-refractivity contribution in [2.24, 2.45) is 17.8 Å². The quantitative estimate of drug-likeness (QED) is 0.819. The Balaban J connectivity index is 1.65. The molecule has 3 nitrogen and oxygen atoms in total. The lowest BCUT2D eigenvalue weighted by atomic mass is 9.84. The van der Waals surface area contributed by atoms with Crippen LogP contribution in [0.1, 0.15) is 43.0 Å². The van der Waals surface area contributed by atoms with Gasteiger partial charge in [0.15, 0.2) is 0 Å². The van der Waals surface area contributed by atoms with Crippen molar-refractivity contribution in [3.63, 3.8) is 0 Å². The molecule has 0 aliphatic heterocycles. The first-order chi connectivity index (χ1) is 9.15. The fourth-order valence-corrected chi connectivity index (χ4v) is 4.00. The third-order valence-corrected chi connectivity index (χ3v) is 5.00. The Labute approximate surface area is 114 Å². The summed E-state index contributed by atoms with van der Waals surface area (Å²) in [6.07, 6.45) is 5.41. The number of rotatable bonds is 3. The maximum absolute atomic E-state index is 12.2. The minimum absolute atomic E-state index is 0.0339. The van der Waals surface area contributed by atoms with Crippen molar-refractivity contribution in [3.8, 4) is 0 Å². The van der Waals surface area contributed by atoms with Crippen LogP contribution in [-0.4, -0.2) is 11.9 Å². The van der Waals surface area contributed by atoms with Crippen molar-refractivity contribution >= 4 is 11.6 Å². The van der Waals surface area contributed by atoms with Crippen molar-refractivity contribution in [1.82, 2.24) is 5.32 Å². The number of carbonyl (C=O) groups is 1. The number of amides is 1. The summed E-state index contributed by atoms with van der Waals surface area (Å²) in [5.74, 6) is 2.37. The van der Waals surface area contributed by atoms with Gasteiger partial charge in [-0.25, -0.2) is 0 Å². The highest BCUT2D eigenvalue weighted by molar-refractivity contribution is 5.99. The van der Waals surface area contributed by atoms with Gasteiger partial charge >= 0.3 is 0 Å². The number of nitrogens with two attached hydrogens (primary N) is 1. The summed E-state index contributed by atoms with van der Waals surface area (Å²) in [5.41, 5.74) is 7.00. The molecule has 19 heavy (non-hydrogen) atoms. The molecule has 3 heteroatoms. The topological polar surface area (TPSA) is 55.1 Å². The molecule has 4 atom stereocenters. The van der Waals surface area contributed by atoms with Gasteiger partial charge in [-0.05, 0) is 56.1 Å². The summed E-state index contributed by atoms with van der Waals surface area (Å²) in [6.45, 7) is 2.14. The molecule has 2 aliphatic carbocycles. The molecule has 0 saturated heterocycles. The Kier molecular flexibility index (Phi) is 3.21. The Bertz CT molecular complexity index is 485. The first kappa shape index (κ1) is 12.5. The second-order valence-electron chi connectivity index (χ2n) is 6.19. The summed E-state index contributed by atoms with van der Waals surface area (Å²) >= 11 is 0. The summed E-state index contributed by atoms with van der Waals surface area (Å²) in [5, 5.41) is 3.14. The van der Waals surface area contributed by atoms with Gasteiger partial charge in [0.25, 0.3) is 5.91 Å². The van der Waals surface area contributed by atoms with Gasteiger partial charge in [0.1, 0.15) is 0 Å². The first-order valence-corrected chi connectivity index (χ1v) is 7.30. The van der Waals surface area contributed by atoms with Crippen LogP contribution in [0.5, 0.6) is 0 Å². The van der Waals surface area contributed by atoms with Gasteiger partial charge in [-0.1, -0.05) is 18.6 Å². The molecule has 0 radical (unpaired) electrons. The maximum atomic E-state index is 12.2. The number of nitrogens with one attached hydrogen (secondary N) is 1. The van der Waals surface area contributed by atoms with Gasteiger partial charge in [-0.2, -0.15) is 0 Å². The van der Waals surface area contributed by atoms with E-state index in [1.54, 1.807) is 12.1 Å². The molecule has 2 saturated carbocycles. The van der Waals surface area contributed by atoms with Gasteiger partial charge < -0.3 is 11.1 Å². The normalized spacial score (nSPS) is 30.3. The number of fused-ring (bicyclic) bond motifs is 2. The monoisotopic (exact) mass is 258 g/mol. The molecule has 0 spiro atoms. The zero-order chi connectivity index (χ0) is 13.4. The lowest BCUT2D eigenvalue weighted by molar-refractivity contribution is 0.0916. The van der Waals surface area contributed by atoms with E-state index < -0.39 is 0 Å². The third kappa shape index (κ3) is 2.34. The standard InChI is InChI=1S/C16H22N2O/c1-10(14-9-11-6-7-12(14)8-11)18-16(19)13-4-2-3-5-15(13)17/h2-5,10-12,14H,6-9,17H2,1H3,(H,18,19). The lowest BCUT2D eigenvalue weighted by Gasteiger charge is -2.28. The van der Waals surface area contributed by atoms with E-state index in [9.17, 15) is 4.79 Å². The van der Waals surface area contributed by atoms with Gasteiger partial charge in [0, 0.05) is 11.7 Å². The van der Waals surface area contributed by atoms with E-state index in [4.69, 9.17) is 5.73 Å². The molecule has 4 unspecified atom stereocenters. The smallest absolute Gasteiger partial charge is 0.253 e. The van der Waals surface area contributed by atoms with Crippen LogP contribution >= 0.6 is 0 Å². The Morgan fingerprint density at radius 2 is 2.11 bits per heavy atom. The van der Waals surface area contributed by atoms with Crippen LogP contribution in [0.25, 0.3) is 0 Å². The van der Waals surface area contributed by atoms with Crippen LogP contribution < -0.4 is 11.1 Å². The van der Waals surface area contributed by atoms with Crippen LogP contribution in [-0.2, 0) is 0 Å². The first-order valence-electron chi connectivity index (χ1n) is 7.30. The number of anilines is 1. The highest BCUT2D eigenvalue weighted by Gasteiger charge is 2.42. The van der Waals surface area contributed by atoms with Crippen LogP contribution in [0.2, 0.25) is 0 Å². The van der Waals surface area contributed by atoms with Crippen molar-refractivity contribution in [2.75, 3.05) is 5.73 Å². The van der Waals surface area contributed by atoms with E-state index in [1.165, 1.54) is 25.7 Å². The second kappa shape index (κ2) is 4.87. The number of nitrogen functional groups attached to an aromatic ring is 1. The number of benzene rings is 1. The van der Waals surface area contributed by atoms with Crippen molar-refractivity contribution in [3.05, 3.63) is 29.8 Å². The van der Waals surface area contributed by atoms with Crippen molar-refractivity contribution in [2.45, 2.75) is 38.6 Å². The number of para-hydroxylation sites is 1. The third-order valence-electron chi connectivity index (χ3n) is 5.00. The molecule has 1 amide bonds. The average molecular weight is 258 g/mol. The summed E-state index contributed by atoms with van der Waals surface area (Å²) in [4.78, 5) is 12.2. The molecule has 0 heterocycles. The van der Waals surface area contributed by atoms with Crippen molar-refractivity contribution in [1.29, 1.82) is 0 Å². The molecule has 2 bridgehead atoms. The highest BCUT2D eigenvalue weighted by atomic mass is 16.1. The van der Waals surface area contributed by atoms with Gasteiger partial charge in [-0.3, -0.25) is 4.79 Å². The Morgan fingerprint density at radius 1 is 1.32 bits per heavy atom. The van der Waals surface area contributed by atoms with Gasteiger partial charge in [0.05, 0.1) is 5.56 Å². The predicted molar refractivity (Wildman–Crippen MR) is 76.7 cm³/mol. The fraction of sp³-hybridized carbons (Fsp3) is 0.562. The molecule has 2 fully saturated rings. The van der Waals surface area contributed by atoms with Crippen LogP contribution in [0.3, 0.4) is 0 Å². The molecule has 1 aromatic rings. The van der Waals surface area contributed by atoms with Crippen LogP contribution in [0.15, 0.2) is 24.3 Å². The second-order valence-corrected chi connectivity index (χ2v) is 6.19. The number of hydrogen-bond donors (Lipinski definition) is 2. The maximum Gasteiger partial charge on any atom is 0.253 e. The molecular weight excluding hydrogens is 236 g/mol. The predicted octanol–water partition coefficient (Wildman–Crippen LogP) is 2.82. The minimum Gasteiger partial charge on any atom is -0.398 e. The molecule has 0 aromatic heterocycles. The van der Waals surface area contributed by atoms with Crippen LogP contribution in [0, 0.1) is 17.8 Å². The Morgan fingerprint density at radius 3 is 2.74 bits per heavy atom.